The van der Waals surface area contributed by atoms with Crippen molar-refractivity contribution in [2.45, 2.75) is 64.2 Å². The van der Waals surface area contributed by atoms with Crippen molar-refractivity contribution < 1.29 is 22.7 Å². The summed E-state index contributed by atoms with van der Waals surface area (Å²) in [5.74, 6) is -0.459. The number of halogens is 3. The Kier molecular flexibility index (Phi) is 8.04. The van der Waals surface area contributed by atoms with Gasteiger partial charge in [0.2, 0.25) is 0 Å². The van der Waals surface area contributed by atoms with Gasteiger partial charge in [0.15, 0.2) is 0 Å². The van der Waals surface area contributed by atoms with E-state index in [2.05, 4.69) is 10.7 Å². The molecule has 0 unspecified atom stereocenters. The molecule has 0 saturated carbocycles. The number of rotatable bonds is 6. The van der Waals surface area contributed by atoms with Crippen molar-refractivity contribution in [1.82, 2.24) is 14.9 Å². The lowest BCUT2D eigenvalue weighted by Gasteiger charge is -2.30. The van der Waals surface area contributed by atoms with Crippen LogP contribution in [0.1, 0.15) is 78.2 Å². The highest BCUT2D eigenvalue weighted by Gasteiger charge is 2.33. The number of nitrogens with one attached hydrogen (secondary N) is 2. The number of piperidine rings is 1. The molecule has 2 saturated heterocycles. The second-order valence-electron chi connectivity index (χ2n) is 9.56. The molecule has 36 heavy (non-hydrogen) atoms. The summed E-state index contributed by atoms with van der Waals surface area (Å²) in [5, 5.41) is 4.85. The van der Waals surface area contributed by atoms with Gasteiger partial charge in [-0.2, -0.15) is 13.2 Å². The average molecular weight is 507 g/mol. The Morgan fingerprint density at radius 1 is 1.14 bits per heavy atom. The summed E-state index contributed by atoms with van der Waals surface area (Å²) in [6.45, 7) is 5.74. The number of benzene rings is 1. The Morgan fingerprint density at radius 3 is 2.50 bits per heavy atom. The molecule has 10 heteroatoms. The maximum absolute atomic E-state index is 13.5. The van der Waals surface area contributed by atoms with Crippen molar-refractivity contribution in [3.05, 3.63) is 63.1 Å². The van der Waals surface area contributed by atoms with Crippen LogP contribution in [0.4, 0.5) is 18.9 Å². The van der Waals surface area contributed by atoms with E-state index in [9.17, 15) is 22.8 Å². The lowest BCUT2D eigenvalue weighted by molar-refractivity contribution is -0.138. The maximum atomic E-state index is 13.5. The summed E-state index contributed by atoms with van der Waals surface area (Å²) in [5.41, 5.74) is 3.46. The molecule has 196 valence electrons. The van der Waals surface area contributed by atoms with E-state index in [1.165, 1.54) is 19.1 Å². The molecular weight excluding hydrogens is 473 g/mol. The van der Waals surface area contributed by atoms with E-state index in [0.29, 0.717) is 37.3 Å². The van der Waals surface area contributed by atoms with Crippen LogP contribution in [0.5, 0.6) is 0 Å². The number of hydrogen-bond acceptors (Lipinski definition) is 5. The maximum Gasteiger partial charge on any atom is 0.416 e. The van der Waals surface area contributed by atoms with E-state index in [-0.39, 0.29) is 22.7 Å². The van der Waals surface area contributed by atoms with Gasteiger partial charge in [0, 0.05) is 44.6 Å². The van der Waals surface area contributed by atoms with E-state index < -0.39 is 23.7 Å². The monoisotopic (exact) mass is 506 g/mol. The zero-order valence-corrected chi connectivity index (χ0v) is 20.7. The number of pyridine rings is 1. The van der Waals surface area contributed by atoms with Crippen molar-refractivity contribution in [3.63, 3.8) is 0 Å². The van der Waals surface area contributed by atoms with Crippen LogP contribution < -0.4 is 16.3 Å². The lowest BCUT2D eigenvalue weighted by Crippen LogP contribution is -2.38. The fourth-order valence-corrected chi connectivity index (χ4v) is 5.03. The number of hydrazine groups is 1. The van der Waals surface area contributed by atoms with Crippen molar-refractivity contribution in [2.75, 3.05) is 31.7 Å². The summed E-state index contributed by atoms with van der Waals surface area (Å²) >= 11 is 0. The van der Waals surface area contributed by atoms with Crippen molar-refractivity contribution >= 4 is 11.6 Å². The van der Waals surface area contributed by atoms with Crippen LogP contribution in [0.25, 0.3) is 0 Å². The topological polar surface area (TPSA) is 75.6 Å². The predicted octanol–water partition coefficient (Wildman–Crippen LogP) is 4.83. The summed E-state index contributed by atoms with van der Waals surface area (Å²) in [7, 11) is 0. The molecule has 0 aliphatic carbocycles. The van der Waals surface area contributed by atoms with Crippen LogP contribution >= 0.6 is 0 Å². The SMILES string of the molecule is Cc1c([C@@H](C)NC(=O)c2cn(C3CCOCC3)c(=O)cc2NN2CCCCC2)cccc1C(F)(F)F. The summed E-state index contributed by atoms with van der Waals surface area (Å²) in [4.78, 5) is 26.5. The molecule has 3 heterocycles. The Balaban J connectivity index is 1.64. The third-order valence-electron chi connectivity index (χ3n) is 7.04. The van der Waals surface area contributed by atoms with Crippen LogP contribution in [0.2, 0.25) is 0 Å². The Bertz CT molecular complexity index is 1140. The van der Waals surface area contributed by atoms with Crippen molar-refractivity contribution in [2.24, 2.45) is 0 Å². The van der Waals surface area contributed by atoms with E-state index in [1.807, 2.05) is 5.01 Å². The van der Waals surface area contributed by atoms with Crippen molar-refractivity contribution in [3.8, 4) is 0 Å². The number of aromatic nitrogens is 1. The highest BCUT2D eigenvalue weighted by atomic mass is 19.4. The molecule has 2 aromatic rings. The van der Waals surface area contributed by atoms with E-state index in [1.54, 1.807) is 23.8 Å². The van der Waals surface area contributed by atoms with Crippen LogP contribution in [0.3, 0.4) is 0 Å². The molecule has 0 radical (unpaired) electrons. The first kappa shape index (κ1) is 26.2. The third-order valence-corrected chi connectivity index (χ3v) is 7.04. The second kappa shape index (κ2) is 11.0. The van der Waals surface area contributed by atoms with Gasteiger partial charge in [0.1, 0.15) is 0 Å². The first-order valence-corrected chi connectivity index (χ1v) is 12.5. The zero-order valence-electron chi connectivity index (χ0n) is 20.7. The minimum atomic E-state index is -4.48. The molecule has 0 spiro atoms. The zero-order chi connectivity index (χ0) is 25.9. The molecule has 1 aromatic heterocycles. The van der Waals surface area contributed by atoms with Gasteiger partial charge in [-0.3, -0.25) is 9.59 Å². The molecule has 1 atom stereocenters. The van der Waals surface area contributed by atoms with Crippen molar-refractivity contribution in [1.29, 1.82) is 0 Å². The minimum absolute atomic E-state index is 0.0787. The molecule has 1 aromatic carbocycles. The number of alkyl halides is 3. The van der Waals surface area contributed by atoms with E-state index in [0.717, 1.165) is 38.4 Å². The highest BCUT2D eigenvalue weighted by molar-refractivity contribution is 5.99. The molecule has 2 fully saturated rings. The Labute approximate surface area is 208 Å². The number of anilines is 1. The van der Waals surface area contributed by atoms with Crippen LogP contribution in [-0.2, 0) is 10.9 Å². The average Bonchev–Trinajstić information content (AvgIpc) is 2.84. The van der Waals surface area contributed by atoms with Crippen LogP contribution in [0.15, 0.2) is 35.3 Å². The number of amides is 1. The quantitative estimate of drug-likeness (QED) is 0.587. The van der Waals surface area contributed by atoms with Crippen LogP contribution in [0, 0.1) is 6.92 Å². The molecular formula is C26H33F3N4O3. The molecule has 2 aliphatic rings. The standard InChI is InChI=1S/C26H33F3N4O3/c1-17-20(7-6-8-22(17)26(27,28)29)18(2)30-25(35)21-16-33(19-9-13-36-14-10-19)24(34)15-23(21)31-32-11-4-3-5-12-32/h6-8,15-16,18-19,31H,3-5,9-14H2,1-2H3,(H,30,35)/t18-/m1/s1. The molecule has 2 N–H and O–H groups in total. The molecule has 0 bridgehead atoms. The fourth-order valence-electron chi connectivity index (χ4n) is 5.03. The number of carbonyl (C=O) groups is 1. The number of carbonyl (C=O) groups excluding carboxylic acids is 1. The molecule has 7 nitrogen and oxygen atoms in total. The minimum Gasteiger partial charge on any atom is -0.381 e. The molecule has 2 aliphatic heterocycles. The number of nitrogens with zero attached hydrogens (tertiary/aromatic N) is 2. The Morgan fingerprint density at radius 2 is 1.83 bits per heavy atom. The van der Waals surface area contributed by atoms with Gasteiger partial charge < -0.3 is 20.0 Å². The highest BCUT2D eigenvalue weighted by Crippen LogP contribution is 2.34. The largest absolute Gasteiger partial charge is 0.416 e. The molecule has 1 amide bonds. The smallest absolute Gasteiger partial charge is 0.381 e. The number of ether oxygens (including phenoxy) is 1. The fraction of sp³-hybridized carbons (Fsp3) is 0.538. The van der Waals surface area contributed by atoms with Gasteiger partial charge >= 0.3 is 6.18 Å². The second-order valence-corrected chi connectivity index (χ2v) is 9.56. The van der Waals surface area contributed by atoms with Gasteiger partial charge in [-0.25, -0.2) is 5.01 Å². The number of hydrogen-bond donors (Lipinski definition) is 2. The molecule has 4 rings (SSSR count). The van der Waals surface area contributed by atoms with E-state index >= 15 is 0 Å². The van der Waals surface area contributed by atoms with Gasteiger partial charge in [0.05, 0.1) is 22.9 Å². The van der Waals surface area contributed by atoms with Gasteiger partial charge in [-0.05, 0) is 56.7 Å². The van der Waals surface area contributed by atoms with Crippen LogP contribution in [-0.4, -0.2) is 41.8 Å². The summed E-state index contributed by atoms with van der Waals surface area (Å²) < 4.78 is 47.2. The lowest BCUT2D eigenvalue weighted by atomic mass is 9.97. The van der Waals surface area contributed by atoms with E-state index in [4.69, 9.17) is 4.74 Å². The van der Waals surface area contributed by atoms with Gasteiger partial charge in [-0.15, -0.1) is 0 Å². The van der Waals surface area contributed by atoms with Gasteiger partial charge in [-0.1, -0.05) is 18.6 Å². The first-order valence-electron chi connectivity index (χ1n) is 12.5. The summed E-state index contributed by atoms with van der Waals surface area (Å²) in [6.07, 6.45) is 1.59. The first-order chi connectivity index (χ1) is 17.1. The normalized spacial score (nSPS) is 18.6. The summed E-state index contributed by atoms with van der Waals surface area (Å²) in [6, 6.07) is 4.67. The third kappa shape index (κ3) is 5.92. The predicted molar refractivity (Wildman–Crippen MR) is 131 cm³/mol. The van der Waals surface area contributed by atoms with Gasteiger partial charge in [0.25, 0.3) is 11.5 Å². The Hall–Kier alpha value is -2.85.